The molecule has 0 saturated heterocycles. The van der Waals surface area contributed by atoms with Crippen LogP contribution in [0.15, 0.2) is 72.8 Å². The minimum absolute atomic E-state index is 0.108. The number of rotatable bonds is 8. The normalized spacial score (nSPS) is 10.2. The second-order valence-electron chi connectivity index (χ2n) is 6.29. The molecule has 0 saturated carbocycles. The zero-order chi connectivity index (χ0) is 20.6. The van der Waals surface area contributed by atoms with Crippen LogP contribution in [0.2, 0.25) is 0 Å². The Bertz CT molecular complexity index is 998. The quantitative estimate of drug-likeness (QED) is 0.556. The Morgan fingerprint density at radius 3 is 2.24 bits per heavy atom. The first-order chi connectivity index (χ1) is 14.0. The molecule has 0 spiro atoms. The maximum absolute atomic E-state index is 12.4. The number of aryl methyl sites for hydroxylation is 1. The number of carboxylic acid groups (broad SMARTS) is 1. The summed E-state index contributed by atoms with van der Waals surface area (Å²) in [7, 11) is 0. The van der Waals surface area contributed by atoms with Crippen LogP contribution in [-0.2, 0) is 0 Å². The molecule has 6 nitrogen and oxygen atoms in total. The van der Waals surface area contributed by atoms with E-state index in [1.54, 1.807) is 42.5 Å². The van der Waals surface area contributed by atoms with Crippen molar-refractivity contribution < 1.29 is 24.2 Å². The number of amides is 1. The van der Waals surface area contributed by atoms with Gasteiger partial charge in [-0.3, -0.25) is 4.79 Å². The first kappa shape index (κ1) is 19.9. The zero-order valence-electron chi connectivity index (χ0n) is 15.9. The fraction of sp³-hybridized carbons (Fsp3) is 0.130. The SMILES string of the molecule is Cc1ccccc1NC(=O)c1ccc(OCCOc2ccccc2C(=O)O)cc1. The van der Waals surface area contributed by atoms with Crippen LogP contribution in [0.1, 0.15) is 26.3 Å². The summed E-state index contributed by atoms with van der Waals surface area (Å²) in [6, 6.07) is 20.8. The molecule has 0 aliphatic carbocycles. The van der Waals surface area contributed by atoms with Gasteiger partial charge in [-0.2, -0.15) is 0 Å². The summed E-state index contributed by atoms with van der Waals surface area (Å²) < 4.78 is 11.1. The van der Waals surface area contributed by atoms with E-state index in [1.165, 1.54) is 6.07 Å². The van der Waals surface area contributed by atoms with Gasteiger partial charge in [0.05, 0.1) is 0 Å². The second-order valence-corrected chi connectivity index (χ2v) is 6.29. The molecule has 6 heteroatoms. The fourth-order valence-corrected chi connectivity index (χ4v) is 2.69. The Kier molecular flexibility index (Phi) is 6.47. The summed E-state index contributed by atoms with van der Waals surface area (Å²) in [6.07, 6.45) is 0. The standard InChI is InChI=1S/C23H21NO5/c1-16-6-2-4-8-20(16)24-22(25)17-10-12-18(13-11-17)28-14-15-29-21-9-5-3-7-19(21)23(26)27/h2-13H,14-15H2,1H3,(H,24,25)(H,26,27). The lowest BCUT2D eigenvalue weighted by Gasteiger charge is -2.11. The molecule has 3 aromatic rings. The van der Waals surface area contributed by atoms with Gasteiger partial charge in [-0.05, 0) is 55.0 Å². The number of hydrogen-bond donors (Lipinski definition) is 2. The molecule has 148 valence electrons. The predicted molar refractivity (Wildman–Crippen MR) is 110 cm³/mol. The van der Waals surface area contributed by atoms with Gasteiger partial charge in [-0.15, -0.1) is 0 Å². The highest BCUT2D eigenvalue weighted by atomic mass is 16.5. The minimum Gasteiger partial charge on any atom is -0.490 e. The van der Waals surface area contributed by atoms with Gasteiger partial charge in [0, 0.05) is 11.3 Å². The number of aromatic carboxylic acids is 1. The zero-order valence-corrected chi connectivity index (χ0v) is 15.9. The van der Waals surface area contributed by atoms with Crippen molar-refractivity contribution in [3.8, 4) is 11.5 Å². The fourth-order valence-electron chi connectivity index (χ4n) is 2.69. The van der Waals surface area contributed by atoms with E-state index in [0.29, 0.717) is 17.1 Å². The van der Waals surface area contributed by atoms with Crippen molar-refractivity contribution in [1.29, 1.82) is 0 Å². The number of para-hydroxylation sites is 2. The number of carbonyl (C=O) groups is 2. The van der Waals surface area contributed by atoms with Crippen molar-refractivity contribution in [2.75, 3.05) is 18.5 Å². The van der Waals surface area contributed by atoms with Gasteiger partial charge in [0.1, 0.15) is 30.3 Å². The molecule has 3 aromatic carbocycles. The number of benzene rings is 3. The summed E-state index contributed by atoms with van der Waals surface area (Å²) in [5.74, 6) is -0.347. The van der Waals surface area contributed by atoms with Gasteiger partial charge in [-0.1, -0.05) is 30.3 Å². The van der Waals surface area contributed by atoms with E-state index in [9.17, 15) is 9.59 Å². The Labute approximate surface area is 168 Å². The number of anilines is 1. The maximum Gasteiger partial charge on any atom is 0.339 e. The molecule has 0 aliphatic heterocycles. The van der Waals surface area contributed by atoms with Crippen LogP contribution in [0.5, 0.6) is 11.5 Å². The highest BCUT2D eigenvalue weighted by Crippen LogP contribution is 2.19. The van der Waals surface area contributed by atoms with Crippen LogP contribution < -0.4 is 14.8 Å². The van der Waals surface area contributed by atoms with Crippen molar-refractivity contribution >= 4 is 17.6 Å². The summed E-state index contributed by atoms with van der Waals surface area (Å²) >= 11 is 0. The minimum atomic E-state index is -1.04. The number of ether oxygens (including phenoxy) is 2. The van der Waals surface area contributed by atoms with E-state index in [1.807, 2.05) is 31.2 Å². The van der Waals surface area contributed by atoms with Gasteiger partial charge < -0.3 is 19.9 Å². The summed E-state index contributed by atoms with van der Waals surface area (Å²) in [6.45, 7) is 2.37. The molecule has 0 aliphatic rings. The lowest BCUT2D eigenvalue weighted by atomic mass is 10.1. The molecule has 0 atom stereocenters. The van der Waals surface area contributed by atoms with E-state index in [0.717, 1.165) is 11.3 Å². The number of nitrogens with one attached hydrogen (secondary N) is 1. The van der Waals surface area contributed by atoms with E-state index in [-0.39, 0.29) is 24.7 Å². The van der Waals surface area contributed by atoms with Crippen LogP contribution in [0.3, 0.4) is 0 Å². The van der Waals surface area contributed by atoms with E-state index >= 15 is 0 Å². The van der Waals surface area contributed by atoms with Crippen LogP contribution >= 0.6 is 0 Å². The molecule has 3 rings (SSSR count). The largest absolute Gasteiger partial charge is 0.490 e. The molecular weight excluding hydrogens is 370 g/mol. The van der Waals surface area contributed by atoms with Crippen molar-refractivity contribution in [1.82, 2.24) is 0 Å². The topological polar surface area (TPSA) is 84.9 Å². The third-order valence-electron chi connectivity index (χ3n) is 4.24. The Balaban J connectivity index is 1.50. The van der Waals surface area contributed by atoms with Crippen LogP contribution in [0.25, 0.3) is 0 Å². The highest BCUT2D eigenvalue weighted by molar-refractivity contribution is 6.04. The molecule has 29 heavy (non-hydrogen) atoms. The molecule has 0 fully saturated rings. The van der Waals surface area contributed by atoms with Gasteiger partial charge in [-0.25, -0.2) is 4.79 Å². The third kappa shape index (κ3) is 5.35. The van der Waals surface area contributed by atoms with Crippen molar-refractivity contribution in [2.45, 2.75) is 6.92 Å². The van der Waals surface area contributed by atoms with Crippen LogP contribution in [-0.4, -0.2) is 30.2 Å². The molecule has 0 heterocycles. The van der Waals surface area contributed by atoms with Gasteiger partial charge >= 0.3 is 5.97 Å². The summed E-state index contributed by atoms with van der Waals surface area (Å²) in [5.41, 5.74) is 2.39. The first-order valence-corrected chi connectivity index (χ1v) is 9.09. The second kappa shape index (κ2) is 9.41. The van der Waals surface area contributed by atoms with E-state index in [2.05, 4.69) is 5.32 Å². The monoisotopic (exact) mass is 391 g/mol. The van der Waals surface area contributed by atoms with Crippen molar-refractivity contribution in [3.63, 3.8) is 0 Å². The van der Waals surface area contributed by atoms with Crippen molar-refractivity contribution in [2.24, 2.45) is 0 Å². The molecule has 1 amide bonds. The van der Waals surface area contributed by atoms with Gasteiger partial charge in [0.15, 0.2) is 0 Å². The smallest absolute Gasteiger partial charge is 0.339 e. The lowest BCUT2D eigenvalue weighted by Crippen LogP contribution is -2.13. The number of carbonyl (C=O) groups excluding carboxylic acids is 1. The summed E-state index contributed by atoms with van der Waals surface area (Å²) in [4.78, 5) is 23.5. The average Bonchev–Trinajstić information content (AvgIpc) is 2.73. The van der Waals surface area contributed by atoms with Crippen LogP contribution in [0, 0.1) is 6.92 Å². The summed E-state index contributed by atoms with van der Waals surface area (Å²) in [5, 5.41) is 12.0. The molecule has 2 N–H and O–H groups in total. The van der Waals surface area contributed by atoms with E-state index < -0.39 is 5.97 Å². The molecule has 0 aromatic heterocycles. The molecular formula is C23H21NO5. The van der Waals surface area contributed by atoms with Crippen molar-refractivity contribution in [3.05, 3.63) is 89.5 Å². The van der Waals surface area contributed by atoms with Gasteiger partial charge in [0.2, 0.25) is 0 Å². The van der Waals surface area contributed by atoms with E-state index in [4.69, 9.17) is 14.6 Å². The lowest BCUT2D eigenvalue weighted by molar-refractivity contribution is 0.0691. The molecule has 0 bridgehead atoms. The predicted octanol–water partition coefficient (Wildman–Crippen LogP) is 4.40. The Hall–Kier alpha value is -3.80. The maximum atomic E-state index is 12.4. The molecule has 0 radical (unpaired) electrons. The molecule has 0 unspecified atom stereocenters. The van der Waals surface area contributed by atoms with Crippen LogP contribution in [0.4, 0.5) is 5.69 Å². The highest BCUT2D eigenvalue weighted by Gasteiger charge is 2.10. The number of carboxylic acids is 1. The number of hydrogen-bond acceptors (Lipinski definition) is 4. The Morgan fingerprint density at radius 1 is 0.862 bits per heavy atom. The third-order valence-corrected chi connectivity index (χ3v) is 4.24. The van der Waals surface area contributed by atoms with Gasteiger partial charge in [0.25, 0.3) is 5.91 Å². The first-order valence-electron chi connectivity index (χ1n) is 9.09. The Morgan fingerprint density at radius 2 is 1.52 bits per heavy atom. The average molecular weight is 391 g/mol.